The van der Waals surface area contributed by atoms with Gasteiger partial charge in [0.15, 0.2) is 0 Å². The van der Waals surface area contributed by atoms with Crippen molar-refractivity contribution in [2.75, 3.05) is 25.6 Å². The number of piperidine rings is 1. The second-order valence-corrected chi connectivity index (χ2v) is 6.34. The van der Waals surface area contributed by atoms with E-state index in [0.717, 1.165) is 17.3 Å². The van der Waals surface area contributed by atoms with Gasteiger partial charge in [0.05, 0.1) is 5.88 Å². The maximum absolute atomic E-state index is 12.4. The van der Waals surface area contributed by atoms with Crippen molar-refractivity contribution in [2.24, 2.45) is 0 Å². The highest BCUT2D eigenvalue weighted by Crippen LogP contribution is 2.17. The largest absolute Gasteiger partial charge is 0.448 e. The summed E-state index contributed by atoms with van der Waals surface area (Å²) < 4.78 is 5.77. The van der Waals surface area contributed by atoms with Crippen LogP contribution >= 0.6 is 27.5 Å². The molecule has 22 heavy (non-hydrogen) atoms. The number of nitrogens with one attached hydrogen (secondary N) is 1. The fourth-order valence-electron chi connectivity index (χ4n) is 2.37. The van der Waals surface area contributed by atoms with Crippen molar-refractivity contribution >= 4 is 39.5 Å². The molecule has 1 aliphatic heterocycles. The van der Waals surface area contributed by atoms with Gasteiger partial charge in [-0.05, 0) is 31.0 Å². The molecule has 2 rings (SSSR count). The van der Waals surface area contributed by atoms with E-state index in [-0.39, 0.29) is 24.4 Å². The fourth-order valence-corrected chi connectivity index (χ4v) is 2.85. The van der Waals surface area contributed by atoms with Crippen LogP contribution in [0.3, 0.4) is 0 Å². The minimum absolute atomic E-state index is 0.0180. The van der Waals surface area contributed by atoms with Gasteiger partial charge in [0.1, 0.15) is 6.61 Å². The molecular formula is C15H18BrClN2O3. The summed E-state index contributed by atoms with van der Waals surface area (Å²) in [6, 6.07) is 7.39. The normalized spacial score (nSPS) is 15.5. The van der Waals surface area contributed by atoms with Crippen molar-refractivity contribution in [1.82, 2.24) is 10.2 Å². The quantitative estimate of drug-likeness (QED) is 0.805. The molecule has 0 bridgehead atoms. The summed E-state index contributed by atoms with van der Waals surface area (Å²) in [6.45, 7) is 1.44. The number of hydrogen-bond acceptors (Lipinski definition) is 3. The number of carbonyl (C=O) groups excluding carboxylic acids is 2. The highest BCUT2D eigenvalue weighted by molar-refractivity contribution is 9.10. The van der Waals surface area contributed by atoms with Gasteiger partial charge >= 0.3 is 6.09 Å². The second kappa shape index (κ2) is 8.39. The van der Waals surface area contributed by atoms with Crippen LogP contribution in [0.5, 0.6) is 0 Å². The van der Waals surface area contributed by atoms with E-state index in [4.69, 9.17) is 16.3 Å². The average molecular weight is 390 g/mol. The summed E-state index contributed by atoms with van der Waals surface area (Å²) in [5.74, 6) is 0.303. The van der Waals surface area contributed by atoms with E-state index in [1.54, 1.807) is 6.07 Å². The van der Waals surface area contributed by atoms with Crippen LogP contribution in [0.2, 0.25) is 0 Å². The minimum atomic E-state index is -0.447. The van der Waals surface area contributed by atoms with Crippen molar-refractivity contribution in [2.45, 2.75) is 18.9 Å². The Hall–Kier alpha value is -1.27. The van der Waals surface area contributed by atoms with E-state index in [0.29, 0.717) is 18.7 Å². The van der Waals surface area contributed by atoms with Crippen molar-refractivity contribution in [3.05, 3.63) is 34.3 Å². The molecule has 0 atom stereocenters. The van der Waals surface area contributed by atoms with Gasteiger partial charge in [-0.1, -0.05) is 22.0 Å². The number of halogens is 2. The van der Waals surface area contributed by atoms with Gasteiger partial charge in [-0.3, -0.25) is 4.79 Å². The zero-order valence-corrected chi connectivity index (χ0v) is 14.4. The van der Waals surface area contributed by atoms with Gasteiger partial charge in [-0.15, -0.1) is 11.6 Å². The lowest BCUT2D eigenvalue weighted by atomic mass is 10.0. The molecule has 1 N–H and O–H groups in total. The summed E-state index contributed by atoms with van der Waals surface area (Å²) in [5.41, 5.74) is 0.669. The lowest BCUT2D eigenvalue weighted by Crippen LogP contribution is -2.46. The predicted molar refractivity (Wildman–Crippen MR) is 88.3 cm³/mol. The maximum Gasteiger partial charge on any atom is 0.407 e. The third kappa shape index (κ3) is 4.88. The first-order valence-corrected chi connectivity index (χ1v) is 8.47. The number of hydrogen-bond donors (Lipinski definition) is 1. The van der Waals surface area contributed by atoms with Gasteiger partial charge < -0.3 is 15.0 Å². The topological polar surface area (TPSA) is 58.6 Å². The number of benzene rings is 1. The van der Waals surface area contributed by atoms with Crippen LogP contribution in [0.4, 0.5) is 4.79 Å². The molecule has 0 aliphatic carbocycles. The Labute approximate surface area is 143 Å². The predicted octanol–water partition coefficient (Wildman–Crippen LogP) is 3.02. The first-order valence-electron chi connectivity index (χ1n) is 7.14. The molecule has 1 aliphatic rings. The van der Waals surface area contributed by atoms with E-state index in [2.05, 4.69) is 21.2 Å². The summed E-state index contributed by atoms with van der Waals surface area (Å²) >= 11 is 8.83. The van der Waals surface area contributed by atoms with Gasteiger partial charge in [0.25, 0.3) is 5.91 Å². The van der Waals surface area contributed by atoms with E-state index in [1.165, 1.54) is 0 Å². The van der Waals surface area contributed by atoms with Crippen molar-refractivity contribution in [1.29, 1.82) is 0 Å². The fraction of sp³-hybridized carbons (Fsp3) is 0.467. The monoisotopic (exact) mass is 388 g/mol. The highest BCUT2D eigenvalue weighted by atomic mass is 79.9. The van der Waals surface area contributed by atoms with Gasteiger partial charge in [0, 0.05) is 29.2 Å². The Morgan fingerprint density at radius 3 is 2.73 bits per heavy atom. The zero-order chi connectivity index (χ0) is 15.9. The molecule has 0 aromatic heterocycles. The molecule has 1 aromatic rings. The number of nitrogens with zero attached hydrogens (tertiary/aromatic N) is 1. The summed E-state index contributed by atoms with van der Waals surface area (Å²) in [6.07, 6.45) is 0.989. The molecule has 1 fully saturated rings. The van der Waals surface area contributed by atoms with Gasteiger partial charge in [-0.25, -0.2) is 4.79 Å². The highest BCUT2D eigenvalue weighted by Gasteiger charge is 2.24. The molecule has 1 heterocycles. The SMILES string of the molecule is O=C(NC1CCN(C(=O)c2cccc(Br)c2)CC1)OCCCl. The van der Waals surface area contributed by atoms with Crippen molar-refractivity contribution in [3.63, 3.8) is 0 Å². The van der Waals surface area contributed by atoms with E-state index in [1.807, 2.05) is 23.1 Å². The van der Waals surface area contributed by atoms with E-state index >= 15 is 0 Å². The number of alkyl halides is 1. The Kier molecular flexibility index (Phi) is 6.51. The van der Waals surface area contributed by atoms with Crippen molar-refractivity contribution in [3.8, 4) is 0 Å². The van der Waals surface area contributed by atoms with Gasteiger partial charge in [0.2, 0.25) is 0 Å². The number of alkyl carbamates (subject to hydrolysis) is 1. The van der Waals surface area contributed by atoms with Crippen LogP contribution in [0.25, 0.3) is 0 Å². The summed E-state index contributed by atoms with van der Waals surface area (Å²) in [4.78, 5) is 25.7. The van der Waals surface area contributed by atoms with Crippen LogP contribution in [0, 0.1) is 0 Å². The first kappa shape index (κ1) is 17.1. The van der Waals surface area contributed by atoms with Gasteiger partial charge in [-0.2, -0.15) is 0 Å². The van der Waals surface area contributed by atoms with Crippen LogP contribution in [-0.2, 0) is 4.74 Å². The molecule has 7 heteroatoms. The number of carbonyl (C=O) groups is 2. The molecule has 1 saturated heterocycles. The Balaban J connectivity index is 1.82. The van der Waals surface area contributed by atoms with E-state index in [9.17, 15) is 9.59 Å². The van der Waals surface area contributed by atoms with Crippen LogP contribution in [0.1, 0.15) is 23.2 Å². The minimum Gasteiger partial charge on any atom is -0.448 e. The Morgan fingerprint density at radius 1 is 1.36 bits per heavy atom. The van der Waals surface area contributed by atoms with Crippen LogP contribution in [-0.4, -0.2) is 48.5 Å². The lowest BCUT2D eigenvalue weighted by molar-refractivity contribution is 0.0702. The molecular weight excluding hydrogens is 372 g/mol. The number of amides is 2. The van der Waals surface area contributed by atoms with Crippen molar-refractivity contribution < 1.29 is 14.3 Å². The smallest absolute Gasteiger partial charge is 0.407 e. The molecule has 5 nitrogen and oxygen atoms in total. The van der Waals surface area contributed by atoms with Crippen LogP contribution < -0.4 is 5.32 Å². The molecule has 1 aromatic carbocycles. The maximum atomic E-state index is 12.4. The standard InChI is InChI=1S/C15H18BrClN2O3/c16-12-3-1-2-11(10-12)14(20)19-7-4-13(5-8-19)18-15(21)22-9-6-17/h1-3,10,13H,4-9H2,(H,18,21). The molecule has 0 radical (unpaired) electrons. The number of ether oxygens (including phenoxy) is 1. The molecule has 0 unspecified atom stereocenters. The number of likely N-dealkylation sites (tertiary alicyclic amines) is 1. The second-order valence-electron chi connectivity index (χ2n) is 5.05. The van der Waals surface area contributed by atoms with E-state index < -0.39 is 6.09 Å². The zero-order valence-electron chi connectivity index (χ0n) is 12.1. The molecule has 120 valence electrons. The summed E-state index contributed by atoms with van der Waals surface area (Å²) in [5, 5.41) is 2.80. The number of rotatable bonds is 4. The Bertz CT molecular complexity index is 533. The Morgan fingerprint density at radius 2 is 2.09 bits per heavy atom. The average Bonchev–Trinajstić information content (AvgIpc) is 2.53. The molecule has 0 spiro atoms. The first-order chi connectivity index (χ1) is 10.6. The molecule has 2 amide bonds. The summed E-state index contributed by atoms with van der Waals surface area (Å²) in [7, 11) is 0. The van der Waals surface area contributed by atoms with Crippen LogP contribution in [0.15, 0.2) is 28.7 Å². The third-order valence-electron chi connectivity index (χ3n) is 3.49. The molecule has 0 saturated carbocycles. The lowest BCUT2D eigenvalue weighted by Gasteiger charge is -2.32. The third-order valence-corrected chi connectivity index (χ3v) is 4.13.